The Labute approximate surface area is 319 Å². The van der Waals surface area contributed by atoms with E-state index in [1.807, 2.05) is 60.7 Å². The summed E-state index contributed by atoms with van der Waals surface area (Å²) in [5, 5.41) is 0. The van der Waals surface area contributed by atoms with Crippen LogP contribution in [-0.2, 0) is 74.2 Å². The zero-order valence-electron chi connectivity index (χ0n) is 29.5. The first-order chi connectivity index (χ1) is 24.2. The summed E-state index contributed by atoms with van der Waals surface area (Å²) in [7, 11) is -4.43. The second-order valence-electron chi connectivity index (χ2n) is 10.1. The molecule has 0 aliphatic heterocycles. The second kappa shape index (κ2) is 35.2. The number of rotatable bonds is 36. The van der Waals surface area contributed by atoms with Gasteiger partial charge in [-0.1, -0.05) is 60.7 Å². The third-order valence-electron chi connectivity index (χ3n) is 6.15. The fourth-order valence-electron chi connectivity index (χ4n) is 3.74. The molecule has 14 nitrogen and oxygen atoms in total. The van der Waals surface area contributed by atoms with Gasteiger partial charge in [0.15, 0.2) is 0 Å². The van der Waals surface area contributed by atoms with Crippen LogP contribution in [0.25, 0.3) is 0 Å². The summed E-state index contributed by atoms with van der Waals surface area (Å²) in [5.74, 6) is 0. The molecule has 0 fully saturated rings. The molecular formula is C34H54NaO14P. The van der Waals surface area contributed by atoms with E-state index in [9.17, 15) is 9.46 Å². The zero-order chi connectivity index (χ0) is 34.8. The van der Waals surface area contributed by atoms with Gasteiger partial charge in [0, 0.05) is 0 Å². The molecule has 50 heavy (non-hydrogen) atoms. The summed E-state index contributed by atoms with van der Waals surface area (Å²) >= 11 is 0. The molecule has 0 atom stereocenters. The van der Waals surface area contributed by atoms with Crippen molar-refractivity contribution in [2.45, 2.75) is 13.2 Å². The van der Waals surface area contributed by atoms with Crippen LogP contribution < -0.4 is 34.5 Å². The van der Waals surface area contributed by atoms with E-state index in [0.29, 0.717) is 119 Å². The Kier molecular flexibility index (Phi) is 33.2. The van der Waals surface area contributed by atoms with E-state index in [-0.39, 0.29) is 56.0 Å². The van der Waals surface area contributed by atoms with Gasteiger partial charge in [-0.3, -0.25) is 4.57 Å². The molecule has 0 saturated carbocycles. The van der Waals surface area contributed by atoms with Gasteiger partial charge in [0.25, 0.3) is 7.82 Å². The van der Waals surface area contributed by atoms with Crippen molar-refractivity contribution in [3.63, 3.8) is 0 Å². The molecule has 16 heteroatoms. The molecule has 0 amide bonds. The first kappa shape index (κ1) is 47.2. The summed E-state index contributed by atoms with van der Waals surface area (Å²) in [5.41, 5.74) is 2.27. The predicted octanol–water partition coefficient (Wildman–Crippen LogP) is 0.0584. The van der Waals surface area contributed by atoms with Crippen molar-refractivity contribution in [1.82, 2.24) is 0 Å². The van der Waals surface area contributed by atoms with Gasteiger partial charge in [-0.05, 0) is 11.1 Å². The Morgan fingerprint density at radius 1 is 0.360 bits per heavy atom. The smallest absolute Gasteiger partial charge is 0.756 e. The monoisotopic (exact) mass is 740 g/mol. The fraction of sp³-hybridized carbons (Fsp3) is 0.647. The Hall–Kier alpha value is -0.850. The van der Waals surface area contributed by atoms with Crippen LogP contribution in [0.15, 0.2) is 60.7 Å². The van der Waals surface area contributed by atoms with E-state index in [1.54, 1.807) is 0 Å². The van der Waals surface area contributed by atoms with E-state index in [2.05, 4.69) is 0 Å². The first-order valence-corrected chi connectivity index (χ1v) is 18.1. The first-order valence-electron chi connectivity index (χ1n) is 16.6. The SMILES string of the molecule is O=P([O-])(OCCOCCOCCOCCOCCOCc1ccccc1)OCCOCCOCCOCCOCCOCc1ccccc1.[Na+]. The van der Waals surface area contributed by atoms with Gasteiger partial charge >= 0.3 is 29.6 Å². The van der Waals surface area contributed by atoms with E-state index in [1.165, 1.54) is 0 Å². The minimum atomic E-state index is -4.43. The van der Waals surface area contributed by atoms with Crippen molar-refractivity contribution in [3.05, 3.63) is 71.8 Å². The molecule has 0 saturated heterocycles. The van der Waals surface area contributed by atoms with Crippen LogP contribution >= 0.6 is 7.82 Å². The van der Waals surface area contributed by atoms with Gasteiger partial charge in [-0.25, -0.2) is 0 Å². The zero-order valence-corrected chi connectivity index (χ0v) is 32.4. The van der Waals surface area contributed by atoms with Gasteiger partial charge in [-0.2, -0.15) is 0 Å². The number of phosphoric ester groups is 1. The van der Waals surface area contributed by atoms with E-state index < -0.39 is 7.82 Å². The Balaban J connectivity index is 0.0000125. The molecule has 2 aromatic rings. The maximum Gasteiger partial charge on any atom is 1.00 e. The standard InChI is InChI=1S/C34H55O14P.Na/c35-49(36,47-29-27-43-21-19-39-13-11-37-15-17-41-23-25-45-31-33-7-3-1-4-8-33)48-30-28-44-22-20-40-14-12-38-16-18-42-24-26-46-32-34-9-5-2-6-10-34;/h1-10H,11-32H2,(H,35,36);/q;+1/p-1. The number of phosphoric acid groups is 1. The summed E-state index contributed by atoms with van der Waals surface area (Å²) in [6.45, 7) is 7.92. The quantitative estimate of drug-likeness (QED) is 0.0526. The second-order valence-corrected chi connectivity index (χ2v) is 11.5. The summed E-state index contributed by atoms with van der Waals surface area (Å²) in [4.78, 5) is 11.8. The van der Waals surface area contributed by atoms with Crippen LogP contribution in [0.4, 0.5) is 0 Å². The van der Waals surface area contributed by atoms with Gasteiger partial charge < -0.3 is 61.3 Å². The van der Waals surface area contributed by atoms with E-state index in [0.717, 1.165) is 11.1 Å². The molecule has 280 valence electrons. The summed E-state index contributed by atoms with van der Waals surface area (Å²) < 4.78 is 75.6. The average molecular weight is 741 g/mol. The third-order valence-corrected chi connectivity index (χ3v) is 7.15. The molecule has 2 aromatic carbocycles. The number of hydrogen-bond acceptors (Lipinski definition) is 14. The van der Waals surface area contributed by atoms with Crippen molar-refractivity contribution >= 4 is 7.82 Å². The van der Waals surface area contributed by atoms with Gasteiger partial charge in [0.05, 0.1) is 145 Å². The maximum atomic E-state index is 11.8. The number of ether oxygens (including phenoxy) is 10. The summed E-state index contributed by atoms with van der Waals surface area (Å²) in [6, 6.07) is 20.0. The maximum absolute atomic E-state index is 11.8. The van der Waals surface area contributed by atoms with E-state index >= 15 is 0 Å². The average Bonchev–Trinajstić information content (AvgIpc) is 3.11. The van der Waals surface area contributed by atoms with Crippen molar-refractivity contribution in [2.24, 2.45) is 0 Å². The topological polar surface area (TPSA) is 151 Å². The van der Waals surface area contributed by atoms with Crippen LogP contribution in [0.1, 0.15) is 11.1 Å². The number of benzene rings is 2. The normalized spacial score (nSPS) is 11.5. The molecule has 0 aromatic heterocycles. The van der Waals surface area contributed by atoms with Crippen LogP contribution in [-0.4, -0.2) is 132 Å². The van der Waals surface area contributed by atoms with Crippen molar-refractivity contribution in [1.29, 1.82) is 0 Å². The molecule has 0 heterocycles. The van der Waals surface area contributed by atoms with Crippen LogP contribution in [0.2, 0.25) is 0 Å². The third kappa shape index (κ3) is 30.7. The van der Waals surface area contributed by atoms with Crippen LogP contribution in [0.5, 0.6) is 0 Å². The minimum Gasteiger partial charge on any atom is -0.756 e. The number of hydrogen-bond donors (Lipinski definition) is 0. The van der Waals surface area contributed by atoms with Crippen molar-refractivity contribution < 1.29 is 95.4 Å². The van der Waals surface area contributed by atoms with Crippen LogP contribution in [0.3, 0.4) is 0 Å². The Morgan fingerprint density at radius 2 is 0.580 bits per heavy atom. The van der Waals surface area contributed by atoms with Gasteiger partial charge in [0.1, 0.15) is 0 Å². The largest absolute Gasteiger partial charge is 1.00 e. The van der Waals surface area contributed by atoms with Gasteiger partial charge in [-0.15, -0.1) is 0 Å². The molecule has 0 spiro atoms. The Bertz CT molecular complexity index is 950. The molecule has 0 radical (unpaired) electrons. The predicted molar refractivity (Wildman–Crippen MR) is 178 cm³/mol. The summed E-state index contributed by atoms with van der Waals surface area (Å²) in [6.07, 6.45) is 0. The van der Waals surface area contributed by atoms with Crippen molar-refractivity contribution in [2.75, 3.05) is 132 Å². The Morgan fingerprint density at radius 3 is 0.840 bits per heavy atom. The van der Waals surface area contributed by atoms with Crippen LogP contribution in [0, 0.1) is 0 Å². The molecule has 0 bridgehead atoms. The van der Waals surface area contributed by atoms with Gasteiger partial charge in [0.2, 0.25) is 0 Å². The fourth-order valence-corrected chi connectivity index (χ4v) is 4.41. The minimum absolute atomic E-state index is 0. The van der Waals surface area contributed by atoms with E-state index in [4.69, 9.17) is 56.4 Å². The molecular weight excluding hydrogens is 686 g/mol. The molecule has 0 N–H and O–H groups in total. The molecule has 2 rings (SSSR count). The molecule has 0 aliphatic rings. The molecule has 0 aliphatic carbocycles. The molecule has 0 unspecified atom stereocenters. The van der Waals surface area contributed by atoms with Crippen molar-refractivity contribution in [3.8, 4) is 0 Å².